The molecule has 0 aliphatic carbocycles. The van der Waals surface area contributed by atoms with Gasteiger partial charge in [0.15, 0.2) is 0 Å². The number of nitrogens with two attached hydrogens (primary N) is 1. The molecule has 1 rings (SSSR count). The van der Waals surface area contributed by atoms with Gasteiger partial charge in [-0.2, -0.15) is 0 Å². The first-order chi connectivity index (χ1) is 7.95. The van der Waals surface area contributed by atoms with E-state index in [2.05, 4.69) is 0 Å². The molecule has 1 aromatic rings. The molecule has 1 atom stereocenters. The maximum atomic E-state index is 11.4. The monoisotopic (exact) mass is 275 g/mol. The number of hydrogen-bond donors (Lipinski definition) is 1. The Morgan fingerprint density at radius 3 is 2.41 bits per heavy atom. The van der Waals surface area contributed by atoms with E-state index in [1.165, 1.54) is 0 Å². The van der Waals surface area contributed by atoms with Gasteiger partial charge in [0.2, 0.25) is 10.0 Å². The first kappa shape index (κ1) is 14.3. The number of thiophene rings is 1. The number of sulfonamides is 1. The largest absolute Gasteiger partial charge is 0.303 e. The zero-order chi connectivity index (χ0) is 13.1. The van der Waals surface area contributed by atoms with Gasteiger partial charge in [-0.1, -0.05) is 26.7 Å². The van der Waals surface area contributed by atoms with Crippen LogP contribution in [-0.4, -0.2) is 14.7 Å². The first-order valence-electron chi connectivity index (χ1n) is 5.51. The lowest BCUT2D eigenvalue weighted by Gasteiger charge is -2.20. The van der Waals surface area contributed by atoms with Crippen LogP contribution >= 0.6 is 11.3 Å². The predicted octanol–water partition coefficient (Wildman–Crippen LogP) is 2.11. The molecule has 0 radical (unpaired) electrons. The highest BCUT2D eigenvalue weighted by Gasteiger charge is 2.27. The fraction of sp³-hybridized carbons (Fsp3) is 0.545. The number of primary sulfonamides is 1. The van der Waals surface area contributed by atoms with Crippen LogP contribution in [0.4, 0.5) is 0 Å². The van der Waals surface area contributed by atoms with Crippen LogP contribution < -0.4 is 5.14 Å². The van der Waals surface area contributed by atoms with E-state index in [0.717, 1.165) is 30.5 Å². The predicted molar refractivity (Wildman–Crippen MR) is 68.6 cm³/mol. The zero-order valence-electron chi connectivity index (χ0n) is 9.92. The van der Waals surface area contributed by atoms with Crippen molar-refractivity contribution in [3.63, 3.8) is 0 Å². The van der Waals surface area contributed by atoms with Crippen LogP contribution in [0.1, 0.15) is 38.2 Å². The Labute approximate surface area is 106 Å². The molecular formula is C11H17NO3S2. The van der Waals surface area contributed by atoms with Crippen molar-refractivity contribution >= 4 is 27.6 Å². The minimum atomic E-state index is -3.74. The summed E-state index contributed by atoms with van der Waals surface area (Å²) in [6, 6.07) is 1.68. The summed E-state index contributed by atoms with van der Waals surface area (Å²) in [7, 11) is -3.74. The SMILES string of the molecule is CCC(CC)[C@H](C=O)c1ccsc1S(N)(=O)=O. The summed E-state index contributed by atoms with van der Waals surface area (Å²) in [5, 5.41) is 6.80. The Morgan fingerprint density at radius 1 is 1.41 bits per heavy atom. The molecule has 0 bridgehead atoms. The molecule has 0 spiro atoms. The molecule has 0 aliphatic heterocycles. The van der Waals surface area contributed by atoms with Crippen molar-refractivity contribution in [3.05, 3.63) is 17.0 Å². The van der Waals surface area contributed by atoms with Crippen LogP contribution in [0.5, 0.6) is 0 Å². The lowest BCUT2D eigenvalue weighted by atomic mass is 9.85. The van der Waals surface area contributed by atoms with Gasteiger partial charge < -0.3 is 4.79 Å². The van der Waals surface area contributed by atoms with E-state index >= 15 is 0 Å². The molecule has 2 N–H and O–H groups in total. The van der Waals surface area contributed by atoms with E-state index in [9.17, 15) is 13.2 Å². The zero-order valence-corrected chi connectivity index (χ0v) is 11.6. The maximum Gasteiger partial charge on any atom is 0.247 e. The van der Waals surface area contributed by atoms with Crippen LogP contribution in [0.25, 0.3) is 0 Å². The summed E-state index contributed by atoms with van der Waals surface area (Å²) in [6.45, 7) is 3.99. The van der Waals surface area contributed by atoms with Gasteiger partial charge >= 0.3 is 0 Å². The summed E-state index contributed by atoms with van der Waals surface area (Å²) < 4.78 is 22.9. The normalized spacial score (nSPS) is 13.9. The van der Waals surface area contributed by atoms with Gasteiger partial charge in [0.25, 0.3) is 0 Å². The molecule has 4 nitrogen and oxygen atoms in total. The molecule has 17 heavy (non-hydrogen) atoms. The van der Waals surface area contributed by atoms with Gasteiger partial charge in [-0.25, -0.2) is 13.6 Å². The summed E-state index contributed by atoms with van der Waals surface area (Å²) in [6.07, 6.45) is 2.49. The Bertz CT molecular complexity index is 475. The molecule has 0 unspecified atom stereocenters. The van der Waals surface area contributed by atoms with Crippen molar-refractivity contribution < 1.29 is 13.2 Å². The molecule has 0 aromatic carbocycles. The average Bonchev–Trinajstić information content (AvgIpc) is 2.73. The Kier molecular flexibility index (Phi) is 4.85. The molecule has 6 heteroatoms. The van der Waals surface area contributed by atoms with E-state index in [-0.39, 0.29) is 16.0 Å². The van der Waals surface area contributed by atoms with Gasteiger partial charge in [0, 0.05) is 5.92 Å². The van der Waals surface area contributed by atoms with Crippen molar-refractivity contribution in [2.24, 2.45) is 11.1 Å². The Hall–Kier alpha value is -0.720. The summed E-state index contributed by atoms with van der Waals surface area (Å²) in [5.74, 6) is -0.229. The third-order valence-corrected chi connectivity index (χ3v) is 5.44. The van der Waals surface area contributed by atoms with Crippen molar-refractivity contribution in [2.45, 2.75) is 36.8 Å². The molecule has 1 aromatic heterocycles. The smallest absolute Gasteiger partial charge is 0.247 e. The Morgan fingerprint density at radius 2 is 2.00 bits per heavy atom. The van der Waals surface area contributed by atoms with Crippen molar-refractivity contribution in [2.75, 3.05) is 0 Å². The molecule has 0 fully saturated rings. The van der Waals surface area contributed by atoms with E-state index in [1.807, 2.05) is 13.8 Å². The van der Waals surface area contributed by atoms with Gasteiger partial charge in [-0.05, 0) is 22.9 Å². The van der Waals surface area contributed by atoms with Crippen molar-refractivity contribution in [1.29, 1.82) is 0 Å². The van der Waals surface area contributed by atoms with E-state index < -0.39 is 10.0 Å². The number of carbonyl (C=O) groups excluding carboxylic acids is 1. The van der Waals surface area contributed by atoms with Crippen LogP contribution in [0.15, 0.2) is 15.7 Å². The maximum absolute atomic E-state index is 11.4. The third-order valence-electron chi connectivity index (χ3n) is 2.98. The third kappa shape index (κ3) is 3.14. The highest BCUT2D eigenvalue weighted by Crippen LogP contribution is 2.34. The highest BCUT2D eigenvalue weighted by molar-refractivity contribution is 7.91. The van der Waals surface area contributed by atoms with Gasteiger partial charge in [0.1, 0.15) is 10.5 Å². The minimum absolute atomic E-state index is 0.113. The van der Waals surface area contributed by atoms with E-state index in [4.69, 9.17) is 5.14 Å². The molecule has 0 amide bonds. The lowest BCUT2D eigenvalue weighted by Crippen LogP contribution is -2.18. The standard InChI is InChI=1S/C11H17NO3S2/c1-3-8(4-2)10(7-13)9-5-6-16-11(9)17(12,14)15/h5-8,10H,3-4H2,1-2H3,(H2,12,14,15)/t10-/m0/s1. The van der Waals surface area contributed by atoms with Crippen LogP contribution in [-0.2, 0) is 14.8 Å². The molecular weight excluding hydrogens is 258 g/mol. The summed E-state index contributed by atoms with van der Waals surface area (Å²) in [4.78, 5) is 11.2. The van der Waals surface area contributed by atoms with E-state index in [1.54, 1.807) is 11.4 Å². The number of rotatable bonds is 6. The topological polar surface area (TPSA) is 77.2 Å². The quantitative estimate of drug-likeness (QED) is 0.808. The first-order valence-corrected chi connectivity index (χ1v) is 7.93. The second kappa shape index (κ2) is 5.75. The fourth-order valence-electron chi connectivity index (χ4n) is 2.02. The lowest BCUT2D eigenvalue weighted by molar-refractivity contribution is -0.110. The molecule has 0 saturated heterocycles. The van der Waals surface area contributed by atoms with Gasteiger partial charge in [0.05, 0.1) is 0 Å². The summed E-state index contributed by atoms with van der Waals surface area (Å²) >= 11 is 1.07. The molecule has 96 valence electrons. The van der Waals surface area contributed by atoms with Crippen LogP contribution in [0.3, 0.4) is 0 Å². The molecule has 1 heterocycles. The molecule has 0 saturated carbocycles. The second-order valence-electron chi connectivity index (χ2n) is 3.95. The average molecular weight is 275 g/mol. The number of carbonyl (C=O) groups is 1. The van der Waals surface area contributed by atoms with Crippen LogP contribution in [0.2, 0.25) is 0 Å². The number of hydrogen-bond acceptors (Lipinski definition) is 4. The minimum Gasteiger partial charge on any atom is -0.303 e. The number of aldehydes is 1. The Balaban J connectivity index is 3.22. The van der Waals surface area contributed by atoms with E-state index in [0.29, 0.717) is 5.56 Å². The van der Waals surface area contributed by atoms with Crippen molar-refractivity contribution in [3.8, 4) is 0 Å². The highest BCUT2D eigenvalue weighted by atomic mass is 32.2. The van der Waals surface area contributed by atoms with Crippen LogP contribution in [0, 0.1) is 5.92 Å². The van der Waals surface area contributed by atoms with Gasteiger partial charge in [-0.15, -0.1) is 11.3 Å². The van der Waals surface area contributed by atoms with Gasteiger partial charge in [-0.3, -0.25) is 0 Å². The second-order valence-corrected chi connectivity index (χ2v) is 6.62. The fourth-order valence-corrected chi connectivity index (χ4v) is 3.93. The summed E-state index contributed by atoms with van der Waals surface area (Å²) in [5.41, 5.74) is 0.543. The molecule has 0 aliphatic rings. The van der Waals surface area contributed by atoms with Crippen molar-refractivity contribution in [1.82, 2.24) is 0 Å².